The number of hydrogen-bond donors (Lipinski definition) is 1. The van der Waals surface area contributed by atoms with Crippen molar-refractivity contribution in [1.29, 1.82) is 0 Å². The second-order valence-corrected chi connectivity index (χ2v) is 8.00. The molecule has 1 saturated heterocycles. The van der Waals surface area contributed by atoms with Crippen molar-refractivity contribution in [3.63, 3.8) is 0 Å². The predicted octanol–water partition coefficient (Wildman–Crippen LogP) is -0.218. The minimum Gasteiger partial charge on any atom is -0.391 e. The van der Waals surface area contributed by atoms with Crippen LogP contribution in [0.1, 0.15) is 11.1 Å². The molecule has 7 nitrogen and oxygen atoms in total. The molecule has 0 aromatic carbocycles. The summed E-state index contributed by atoms with van der Waals surface area (Å²) >= 11 is 0. The maximum absolute atomic E-state index is 12.0. The van der Waals surface area contributed by atoms with Gasteiger partial charge in [-0.3, -0.25) is 0 Å². The Morgan fingerprint density at radius 3 is 2.67 bits per heavy atom. The average molecular weight is 314 g/mol. The largest absolute Gasteiger partial charge is 0.391 e. The molecule has 0 spiro atoms. The standard InChI is InChI=1S/C13H22N4O3S/c1-9-5-14-15-13(10(9)2)17-6-11(12(18)7-17)8-21(19,20)16(3)4/h5,11-12,18H,6-8H2,1-4H3/t11-,12+/m0/s1. The Labute approximate surface area is 125 Å². The molecule has 0 aliphatic carbocycles. The molecule has 1 aliphatic rings. The van der Waals surface area contributed by atoms with E-state index in [-0.39, 0.29) is 11.7 Å². The van der Waals surface area contributed by atoms with Crippen molar-refractivity contribution in [2.45, 2.75) is 20.0 Å². The summed E-state index contributed by atoms with van der Waals surface area (Å²) in [7, 11) is -0.319. The highest BCUT2D eigenvalue weighted by atomic mass is 32.2. The number of sulfonamides is 1. The van der Waals surface area contributed by atoms with Gasteiger partial charge in [-0.05, 0) is 25.0 Å². The fraction of sp³-hybridized carbons (Fsp3) is 0.692. The van der Waals surface area contributed by atoms with Crippen molar-refractivity contribution >= 4 is 15.8 Å². The number of anilines is 1. The molecule has 0 radical (unpaired) electrons. The Kier molecular flexibility index (Phi) is 4.50. The zero-order valence-corrected chi connectivity index (χ0v) is 13.6. The lowest BCUT2D eigenvalue weighted by molar-refractivity contribution is 0.157. The number of aliphatic hydroxyl groups is 1. The zero-order valence-electron chi connectivity index (χ0n) is 12.8. The van der Waals surface area contributed by atoms with E-state index >= 15 is 0 Å². The van der Waals surface area contributed by atoms with Gasteiger partial charge in [0, 0.05) is 33.1 Å². The van der Waals surface area contributed by atoms with Crippen molar-refractivity contribution in [2.24, 2.45) is 5.92 Å². The molecule has 1 N–H and O–H groups in total. The van der Waals surface area contributed by atoms with Crippen LogP contribution in [0.2, 0.25) is 0 Å². The lowest BCUT2D eigenvalue weighted by Gasteiger charge is -2.20. The second kappa shape index (κ2) is 5.86. The van der Waals surface area contributed by atoms with E-state index in [9.17, 15) is 13.5 Å². The van der Waals surface area contributed by atoms with Crippen LogP contribution in [0.5, 0.6) is 0 Å². The van der Waals surface area contributed by atoms with Crippen molar-refractivity contribution in [2.75, 3.05) is 37.8 Å². The molecule has 0 unspecified atom stereocenters. The summed E-state index contributed by atoms with van der Waals surface area (Å²) in [6.07, 6.45) is 1.01. The molecule has 0 saturated carbocycles. The van der Waals surface area contributed by atoms with Crippen LogP contribution in [0.3, 0.4) is 0 Å². The molecular weight excluding hydrogens is 292 g/mol. The number of aliphatic hydroxyl groups excluding tert-OH is 1. The first-order chi connectivity index (χ1) is 9.72. The van der Waals surface area contributed by atoms with Gasteiger partial charge in [-0.1, -0.05) is 0 Å². The maximum atomic E-state index is 12.0. The molecule has 2 rings (SSSR count). The van der Waals surface area contributed by atoms with Gasteiger partial charge in [0.15, 0.2) is 5.82 Å². The van der Waals surface area contributed by atoms with E-state index in [4.69, 9.17) is 0 Å². The summed E-state index contributed by atoms with van der Waals surface area (Å²) in [6, 6.07) is 0. The Balaban J connectivity index is 2.16. The third-order valence-corrected chi connectivity index (χ3v) is 5.98. The van der Waals surface area contributed by atoms with E-state index in [2.05, 4.69) is 10.2 Å². The number of nitrogens with zero attached hydrogens (tertiary/aromatic N) is 4. The fourth-order valence-electron chi connectivity index (χ4n) is 2.43. The molecular formula is C13H22N4O3S. The van der Waals surface area contributed by atoms with Gasteiger partial charge in [0.05, 0.1) is 18.1 Å². The summed E-state index contributed by atoms with van der Waals surface area (Å²) in [5.74, 6) is 0.341. The van der Waals surface area contributed by atoms with Crippen LogP contribution in [0.15, 0.2) is 6.20 Å². The van der Waals surface area contributed by atoms with E-state index in [0.29, 0.717) is 13.1 Å². The van der Waals surface area contributed by atoms with E-state index < -0.39 is 16.1 Å². The first-order valence-electron chi connectivity index (χ1n) is 6.84. The summed E-state index contributed by atoms with van der Waals surface area (Å²) in [5.41, 5.74) is 2.03. The first kappa shape index (κ1) is 16.1. The van der Waals surface area contributed by atoms with Gasteiger partial charge in [0.1, 0.15) is 0 Å². The van der Waals surface area contributed by atoms with Crippen LogP contribution in [-0.4, -0.2) is 67.1 Å². The summed E-state index contributed by atoms with van der Waals surface area (Å²) < 4.78 is 25.1. The molecule has 0 bridgehead atoms. The zero-order chi connectivity index (χ0) is 15.8. The van der Waals surface area contributed by atoms with E-state index in [1.807, 2.05) is 18.7 Å². The first-order valence-corrected chi connectivity index (χ1v) is 8.45. The van der Waals surface area contributed by atoms with Gasteiger partial charge < -0.3 is 10.0 Å². The molecule has 1 fully saturated rings. The molecule has 21 heavy (non-hydrogen) atoms. The number of hydrogen-bond acceptors (Lipinski definition) is 6. The number of rotatable bonds is 4. The molecule has 1 aliphatic heterocycles. The average Bonchev–Trinajstić information content (AvgIpc) is 2.73. The van der Waals surface area contributed by atoms with Crippen LogP contribution < -0.4 is 4.90 Å². The smallest absolute Gasteiger partial charge is 0.214 e. The summed E-state index contributed by atoms with van der Waals surface area (Å²) in [4.78, 5) is 1.91. The van der Waals surface area contributed by atoms with Crippen LogP contribution >= 0.6 is 0 Å². The van der Waals surface area contributed by atoms with Crippen molar-refractivity contribution in [1.82, 2.24) is 14.5 Å². The second-order valence-electron chi connectivity index (χ2n) is 5.77. The summed E-state index contributed by atoms with van der Waals surface area (Å²) in [5, 5.41) is 18.2. The lowest BCUT2D eigenvalue weighted by atomic mass is 10.1. The molecule has 2 heterocycles. The van der Waals surface area contributed by atoms with Gasteiger partial charge in [-0.25, -0.2) is 12.7 Å². The SMILES string of the molecule is Cc1cnnc(N2C[C@@H](CS(=O)(=O)N(C)C)[C@H](O)C2)c1C. The number of β-amino-alcohol motifs (C(OH)–C–C–N with tert-alkyl or cyclic N) is 1. The van der Waals surface area contributed by atoms with Crippen LogP contribution in [-0.2, 0) is 10.0 Å². The van der Waals surface area contributed by atoms with Crippen LogP contribution in [0, 0.1) is 19.8 Å². The van der Waals surface area contributed by atoms with Crippen molar-refractivity contribution in [3.05, 3.63) is 17.3 Å². The molecule has 8 heteroatoms. The molecule has 2 atom stereocenters. The van der Waals surface area contributed by atoms with E-state index in [1.54, 1.807) is 6.20 Å². The van der Waals surface area contributed by atoms with Crippen LogP contribution in [0.25, 0.3) is 0 Å². The normalized spacial score (nSPS) is 23.0. The summed E-state index contributed by atoms with van der Waals surface area (Å²) in [6.45, 7) is 4.75. The van der Waals surface area contributed by atoms with Gasteiger partial charge >= 0.3 is 0 Å². The highest BCUT2D eigenvalue weighted by Gasteiger charge is 2.36. The maximum Gasteiger partial charge on any atom is 0.214 e. The minimum atomic E-state index is -3.33. The van der Waals surface area contributed by atoms with E-state index in [0.717, 1.165) is 16.9 Å². The minimum absolute atomic E-state index is 0.0596. The molecule has 1 aromatic rings. The number of aryl methyl sites for hydroxylation is 1. The Bertz CT molecular complexity index is 618. The lowest BCUT2D eigenvalue weighted by Crippen LogP contribution is -2.33. The topological polar surface area (TPSA) is 86.6 Å². The fourth-order valence-corrected chi connectivity index (χ4v) is 3.60. The van der Waals surface area contributed by atoms with Crippen molar-refractivity contribution in [3.8, 4) is 0 Å². The molecule has 1 aromatic heterocycles. The predicted molar refractivity (Wildman–Crippen MR) is 80.7 cm³/mol. The molecule has 118 valence electrons. The van der Waals surface area contributed by atoms with Gasteiger partial charge in [0.25, 0.3) is 0 Å². The Hall–Kier alpha value is -1.25. The highest BCUT2D eigenvalue weighted by molar-refractivity contribution is 7.89. The Morgan fingerprint density at radius 2 is 2.05 bits per heavy atom. The van der Waals surface area contributed by atoms with Gasteiger partial charge in [-0.15, -0.1) is 5.10 Å². The quantitative estimate of drug-likeness (QED) is 0.827. The van der Waals surface area contributed by atoms with Crippen molar-refractivity contribution < 1.29 is 13.5 Å². The van der Waals surface area contributed by atoms with Crippen LogP contribution in [0.4, 0.5) is 5.82 Å². The van der Waals surface area contributed by atoms with Gasteiger partial charge in [0.2, 0.25) is 10.0 Å². The Morgan fingerprint density at radius 1 is 1.38 bits per heavy atom. The molecule has 0 amide bonds. The van der Waals surface area contributed by atoms with E-state index in [1.165, 1.54) is 18.4 Å². The van der Waals surface area contributed by atoms with Gasteiger partial charge in [-0.2, -0.15) is 5.10 Å². The highest BCUT2D eigenvalue weighted by Crippen LogP contribution is 2.27. The number of aromatic nitrogens is 2. The third kappa shape index (κ3) is 3.33. The monoisotopic (exact) mass is 314 g/mol. The third-order valence-electron chi connectivity index (χ3n) is 4.02.